The predicted molar refractivity (Wildman–Crippen MR) is 60.7 cm³/mol. The van der Waals surface area contributed by atoms with Gasteiger partial charge in [-0.1, -0.05) is 44.4 Å². The summed E-state index contributed by atoms with van der Waals surface area (Å²) in [6.45, 7) is 2.13. The molecule has 0 saturated carbocycles. The van der Waals surface area contributed by atoms with Gasteiger partial charge in [-0.15, -0.1) is 5.75 Å². The van der Waals surface area contributed by atoms with Gasteiger partial charge in [-0.05, 0) is 18.4 Å². The molecule has 0 atom stereocenters. The molecule has 0 bridgehead atoms. The molecule has 0 radical (unpaired) electrons. The molecule has 0 aliphatic carbocycles. The predicted octanol–water partition coefficient (Wildman–Crippen LogP) is -0.415. The van der Waals surface area contributed by atoms with Gasteiger partial charge in [0.2, 0.25) is 0 Å². The third-order valence-corrected chi connectivity index (χ3v) is 2.61. The van der Waals surface area contributed by atoms with E-state index >= 15 is 0 Å². The van der Waals surface area contributed by atoms with Crippen LogP contribution in [0, 0.1) is 0 Å². The normalized spacial score (nSPS) is 9.71. The first-order valence-corrected chi connectivity index (χ1v) is 5.68. The number of aromatic carboxylic acids is 1. The van der Waals surface area contributed by atoms with Crippen molar-refractivity contribution < 1.29 is 66.4 Å². The summed E-state index contributed by atoms with van der Waals surface area (Å²) in [7, 11) is 0. The Hall–Kier alpha value is 0.126. The van der Waals surface area contributed by atoms with Gasteiger partial charge in [-0.3, -0.25) is 0 Å². The number of carboxylic acid groups (broad SMARTS) is 1. The van der Waals surface area contributed by atoms with Gasteiger partial charge in [0.05, 0.1) is 5.56 Å². The van der Waals surface area contributed by atoms with Crippen LogP contribution >= 0.6 is 0 Å². The van der Waals surface area contributed by atoms with E-state index in [9.17, 15) is 9.90 Å². The zero-order valence-electron chi connectivity index (χ0n) is 10.5. The molecule has 4 heteroatoms. The van der Waals surface area contributed by atoms with Crippen LogP contribution in [0.25, 0.3) is 0 Å². The van der Waals surface area contributed by atoms with E-state index in [2.05, 4.69) is 6.92 Å². The number of unbranched alkanes of at least 4 members (excludes halogenated alkanes) is 3. The maximum atomic E-state index is 11.1. The van der Waals surface area contributed by atoms with Crippen molar-refractivity contribution in [2.24, 2.45) is 0 Å². The molecule has 0 spiro atoms. The van der Waals surface area contributed by atoms with Crippen molar-refractivity contribution in [1.82, 2.24) is 0 Å². The molecule has 1 aromatic carbocycles. The van der Waals surface area contributed by atoms with Gasteiger partial charge in [0.1, 0.15) is 0 Å². The van der Waals surface area contributed by atoms with Crippen LogP contribution in [0.5, 0.6) is 5.75 Å². The second-order valence-corrected chi connectivity index (χ2v) is 3.93. The third kappa shape index (κ3) is 6.02. The van der Waals surface area contributed by atoms with E-state index in [1.54, 1.807) is 6.07 Å². The van der Waals surface area contributed by atoms with Crippen LogP contribution in [-0.4, -0.2) is 11.1 Å². The first-order valence-electron chi connectivity index (χ1n) is 5.68. The summed E-state index contributed by atoms with van der Waals surface area (Å²) in [6.07, 6.45) is 5.15. The Bertz CT molecular complexity index is 364. The number of rotatable bonds is 6. The summed E-state index contributed by atoms with van der Waals surface area (Å²) >= 11 is 0. The molecule has 0 heterocycles. The van der Waals surface area contributed by atoms with Crippen molar-refractivity contribution in [3.05, 3.63) is 29.3 Å². The topological polar surface area (TPSA) is 60.4 Å². The van der Waals surface area contributed by atoms with E-state index in [0.717, 1.165) is 31.2 Å². The van der Waals surface area contributed by atoms with E-state index in [4.69, 9.17) is 5.11 Å². The maximum Gasteiger partial charge on any atom is 1.00 e. The van der Waals surface area contributed by atoms with Gasteiger partial charge in [0, 0.05) is 0 Å². The van der Waals surface area contributed by atoms with Gasteiger partial charge in [0.15, 0.2) is 0 Å². The number of hydrogen-bond acceptors (Lipinski definition) is 2. The standard InChI is InChI=1S/C13H18O3.K/c1-2-3-4-5-6-10-7-8-11(14)9-12(10)13(15)16;/h7-9,14H,2-6H2,1H3,(H,15,16);/q;+1/p-1. The minimum atomic E-state index is -1.01. The second kappa shape index (κ2) is 9.11. The summed E-state index contributed by atoms with van der Waals surface area (Å²) in [5.74, 6) is -1.25. The van der Waals surface area contributed by atoms with E-state index in [1.807, 2.05) is 0 Å². The van der Waals surface area contributed by atoms with Crippen molar-refractivity contribution in [2.45, 2.75) is 39.0 Å². The monoisotopic (exact) mass is 260 g/mol. The molecular formula is C13H17KO3. The quantitative estimate of drug-likeness (QED) is 0.558. The molecule has 0 fully saturated rings. The van der Waals surface area contributed by atoms with Crippen LogP contribution in [0.2, 0.25) is 0 Å². The van der Waals surface area contributed by atoms with Gasteiger partial charge < -0.3 is 10.2 Å². The van der Waals surface area contributed by atoms with Crippen molar-refractivity contribution in [3.63, 3.8) is 0 Å². The Labute approximate surface area is 145 Å². The van der Waals surface area contributed by atoms with Crippen LogP contribution in [0.3, 0.4) is 0 Å². The molecule has 0 aliphatic rings. The maximum absolute atomic E-state index is 11.1. The Morgan fingerprint density at radius 1 is 1.29 bits per heavy atom. The minimum Gasteiger partial charge on any atom is -0.872 e. The number of carbonyl (C=O) groups is 1. The van der Waals surface area contributed by atoms with E-state index in [-0.39, 0.29) is 62.7 Å². The molecule has 1 N–H and O–H groups in total. The first-order chi connectivity index (χ1) is 7.65. The minimum absolute atomic E-state index is 0. The van der Waals surface area contributed by atoms with Crippen LogP contribution in [0.15, 0.2) is 18.2 Å². The average Bonchev–Trinajstić information content (AvgIpc) is 2.26. The summed E-state index contributed by atoms with van der Waals surface area (Å²) in [6, 6.07) is 4.27. The SMILES string of the molecule is CCCCCCc1ccc([O-])cc1C(=O)O.[K+]. The van der Waals surface area contributed by atoms with Crippen molar-refractivity contribution in [3.8, 4) is 5.75 Å². The van der Waals surface area contributed by atoms with E-state index < -0.39 is 5.97 Å². The molecule has 3 nitrogen and oxygen atoms in total. The molecule has 1 aromatic rings. The summed E-state index contributed by atoms with van der Waals surface area (Å²) in [4.78, 5) is 10.9. The van der Waals surface area contributed by atoms with Crippen molar-refractivity contribution in [1.29, 1.82) is 0 Å². The van der Waals surface area contributed by atoms with Crippen LogP contribution < -0.4 is 56.5 Å². The first kappa shape index (κ1) is 17.1. The molecule has 0 unspecified atom stereocenters. The van der Waals surface area contributed by atoms with Gasteiger partial charge in [-0.25, -0.2) is 4.79 Å². The molecule has 0 aliphatic heterocycles. The molecule has 1 rings (SSSR count). The fourth-order valence-electron chi connectivity index (χ4n) is 1.71. The number of aryl methyl sites for hydroxylation is 1. The zero-order chi connectivity index (χ0) is 12.0. The number of carboxylic acids is 1. The fraction of sp³-hybridized carbons (Fsp3) is 0.462. The molecule has 17 heavy (non-hydrogen) atoms. The molecule has 88 valence electrons. The molecule has 0 saturated heterocycles. The number of benzene rings is 1. The Kier molecular flexibility index (Phi) is 9.18. The Morgan fingerprint density at radius 3 is 2.59 bits per heavy atom. The fourth-order valence-corrected chi connectivity index (χ4v) is 1.71. The smallest absolute Gasteiger partial charge is 0.872 e. The Balaban J connectivity index is 0.00000256. The van der Waals surface area contributed by atoms with E-state index in [0.29, 0.717) is 0 Å². The number of hydrogen-bond donors (Lipinski definition) is 1. The summed E-state index contributed by atoms with van der Waals surface area (Å²) in [5.41, 5.74) is 0.923. The van der Waals surface area contributed by atoms with Crippen LogP contribution in [0.1, 0.15) is 48.5 Å². The molecule has 0 aromatic heterocycles. The van der Waals surface area contributed by atoms with E-state index in [1.165, 1.54) is 18.6 Å². The average molecular weight is 260 g/mol. The largest absolute Gasteiger partial charge is 1.00 e. The van der Waals surface area contributed by atoms with Gasteiger partial charge in [0.25, 0.3) is 0 Å². The molecule has 0 amide bonds. The van der Waals surface area contributed by atoms with Crippen LogP contribution in [0.4, 0.5) is 0 Å². The summed E-state index contributed by atoms with van der Waals surface area (Å²) < 4.78 is 0. The van der Waals surface area contributed by atoms with Crippen molar-refractivity contribution >= 4 is 5.97 Å². The van der Waals surface area contributed by atoms with Gasteiger partial charge in [-0.2, -0.15) is 0 Å². The second-order valence-electron chi connectivity index (χ2n) is 3.93. The van der Waals surface area contributed by atoms with Crippen molar-refractivity contribution in [2.75, 3.05) is 0 Å². The zero-order valence-corrected chi connectivity index (χ0v) is 13.7. The summed E-state index contributed by atoms with van der Waals surface area (Å²) in [5, 5.41) is 20.0. The van der Waals surface area contributed by atoms with Gasteiger partial charge >= 0.3 is 57.4 Å². The Morgan fingerprint density at radius 2 is 2.00 bits per heavy atom. The van der Waals surface area contributed by atoms with Crippen LogP contribution in [-0.2, 0) is 6.42 Å². The third-order valence-electron chi connectivity index (χ3n) is 2.61. The molecular weight excluding hydrogens is 243 g/mol.